The van der Waals surface area contributed by atoms with Gasteiger partial charge in [0.15, 0.2) is 0 Å². The molecule has 0 aromatic carbocycles. The van der Waals surface area contributed by atoms with Crippen molar-refractivity contribution in [2.45, 2.75) is 58.8 Å². The first-order valence-electron chi connectivity index (χ1n) is 7.03. The average Bonchev–Trinajstić information content (AvgIpc) is 2.77. The van der Waals surface area contributed by atoms with Crippen molar-refractivity contribution in [3.05, 3.63) is 10.0 Å². The second kappa shape index (κ2) is 5.66. The second-order valence-corrected chi connectivity index (χ2v) is 7.58. The van der Waals surface area contributed by atoms with E-state index in [-0.39, 0.29) is 0 Å². The summed E-state index contributed by atoms with van der Waals surface area (Å²) in [6, 6.07) is 0. The minimum Gasteiger partial charge on any atom is -0.330 e. The Morgan fingerprint density at radius 3 is 2.39 bits per heavy atom. The number of aromatic nitrogens is 2. The van der Waals surface area contributed by atoms with E-state index in [1.807, 2.05) is 0 Å². The monoisotopic (exact) mass is 267 g/mol. The summed E-state index contributed by atoms with van der Waals surface area (Å²) in [5.41, 5.74) is 6.01. The van der Waals surface area contributed by atoms with Crippen LogP contribution in [-0.4, -0.2) is 16.7 Å². The highest BCUT2D eigenvalue weighted by Gasteiger charge is 2.31. The van der Waals surface area contributed by atoms with Gasteiger partial charge in [-0.3, -0.25) is 0 Å². The van der Waals surface area contributed by atoms with Crippen LogP contribution < -0.4 is 5.73 Å². The molecule has 1 saturated carbocycles. The largest absolute Gasteiger partial charge is 0.330 e. The number of nitrogens with two attached hydrogens (primary N) is 1. The van der Waals surface area contributed by atoms with E-state index in [4.69, 9.17) is 5.73 Å². The van der Waals surface area contributed by atoms with E-state index in [1.54, 1.807) is 11.3 Å². The van der Waals surface area contributed by atoms with Crippen LogP contribution in [0.1, 0.15) is 62.4 Å². The third-order valence-corrected chi connectivity index (χ3v) is 5.29. The lowest BCUT2D eigenvalue weighted by Crippen LogP contribution is -2.25. The molecule has 0 spiro atoms. The van der Waals surface area contributed by atoms with Gasteiger partial charge in [0.05, 0.1) is 0 Å². The molecule has 18 heavy (non-hydrogen) atoms. The molecular formula is C14H25N3S. The maximum Gasteiger partial charge on any atom is 0.120 e. The van der Waals surface area contributed by atoms with Crippen molar-refractivity contribution in [3.8, 4) is 0 Å². The third-order valence-electron chi connectivity index (χ3n) is 4.14. The highest BCUT2D eigenvalue weighted by molar-refractivity contribution is 7.11. The zero-order valence-corrected chi connectivity index (χ0v) is 12.6. The lowest BCUT2D eigenvalue weighted by molar-refractivity contribution is 0.169. The molecule has 2 N–H and O–H groups in total. The van der Waals surface area contributed by atoms with Crippen LogP contribution in [0.15, 0.2) is 0 Å². The minimum atomic E-state index is 0.455. The van der Waals surface area contributed by atoms with Crippen molar-refractivity contribution < 1.29 is 0 Å². The average molecular weight is 267 g/mol. The summed E-state index contributed by atoms with van der Waals surface area (Å²) in [6.45, 7) is 7.76. The summed E-state index contributed by atoms with van der Waals surface area (Å²) < 4.78 is 0. The first-order valence-corrected chi connectivity index (χ1v) is 7.84. The quantitative estimate of drug-likeness (QED) is 0.913. The fourth-order valence-corrected chi connectivity index (χ4v) is 3.89. The maximum atomic E-state index is 5.55. The summed E-state index contributed by atoms with van der Waals surface area (Å²) in [5, 5.41) is 10.9. The van der Waals surface area contributed by atoms with Crippen molar-refractivity contribution >= 4 is 11.3 Å². The van der Waals surface area contributed by atoms with Crippen molar-refractivity contribution in [1.82, 2.24) is 10.2 Å². The Balaban J connectivity index is 1.92. The minimum absolute atomic E-state index is 0.455. The summed E-state index contributed by atoms with van der Waals surface area (Å²) in [4.78, 5) is 0. The van der Waals surface area contributed by atoms with E-state index in [0.29, 0.717) is 17.9 Å². The van der Waals surface area contributed by atoms with Crippen molar-refractivity contribution in [2.24, 2.45) is 17.1 Å². The first kappa shape index (κ1) is 13.9. The summed E-state index contributed by atoms with van der Waals surface area (Å²) in [6.07, 6.45) is 6.09. The molecule has 0 atom stereocenters. The van der Waals surface area contributed by atoms with Crippen LogP contribution >= 0.6 is 11.3 Å². The molecule has 0 amide bonds. The highest BCUT2D eigenvalue weighted by atomic mass is 32.1. The zero-order chi connectivity index (χ0) is 13.2. The molecule has 4 heteroatoms. The molecule has 1 fully saturated rings. The van der Waals surface area contributed by atoms with E-state index < -0.39 is 0 Å². The highest BCUT2D eigenvalue weighted by Crippen LogP contribution is 2.43. The van der Waals surface area contributed by atoms with Crippen LogP contribution in [0.5, 0.6) is 0 Å². The Hall–Kier alpha value is -0.480. The number of hydrogen-bond acceptors (Lipinski definition) is 4. The van der Waals surface area contributed by atoms with Gasteiger partial charge in [-0.2, -0.15) is 0 Å². The Morgan fingerprint density at radius 1 is 1.17 bits per heavy atom. The molecule has 1 aliphatic rings. The Bertz CT molecular complexity index is 373. The predicted molar refractivity (Wildman–Crippen MR) is 76.8 cm³/mol. The van der Waals surface area contributed by atoms with Crippen molar-refractivity contribution in [2.75, 3.05) is 6.54 Å². The molecule has 0 radical (unpaired) electrons. The molecule has 0 saturated heterocycles. The predicted octanol–water partition coefficient (Wildman–Crippen LogP) is 3.36. The standard InChI is InChI=1S/C14H25N3S/c1-14(2,3)11-6-4-10(5-7-11)13-17-16-12(18-13)8-9-15/h10-11H,4-9,15H2,1-3H3. The SMILES string of the molecule is CC(C)(C)C1CCC(c2nnc(CCN)s2)CC1. The molecule has 102 valence electrons. The topological polar surface area (TPSA) is 51.8 Å². The van der Waals surface area contributed by atoms with Gasteiger partial charge < -0.3 is 5.73 Å². The molecular weight excluding hydrogens is 242 g/mol. The number of hydrogen-bond donors (Lipinski definition) is 1. The van der Waals surface area contributed by atoms with E-state index >= 15 is 0 Å². The zero-order valence-electron chi connectivity index (χ0n) is 11.8. The van der Waals surface area contributed by atoms with Gasteiger partial charge in [0, 0.05) is 12.3 Å². The lowest BCUT2D eigenvalue weighted by atomic mass is 9.70. The summed E-state index contributed by atoms with van der Waals surface area (Å²) in [7, 11) is 0. The Labute approximate surface area is 114 Å². The van der Waals surface area contributed by atoms with Gasteiger partial charge in [-0.05, 0) is 43.6 Å². The lowest BCUT2D eigenvalue weighted by Gasteiger charge is -2.36. The molecule has 1 aliphatic carbocycles. The van der Waals surface area contributed by atoms with Crippen LogP contribution in [-0.2, 0) is 6.42 Å². The molecule has 1 aromatic heterocycles. The molecule has 3 nitrogen and oxygen atoms in total. The molecule has 0 unspecified atom stereocenters. The van der Waals surface area contributed by atoms with Gasteiger partial charge in [0.1, 0.15) is 10.0 Å². The molecule has 1 aromatic rings. The number of rotatable bonds is 3. The van der Waals surface area contributed by atoms with Gasteiger partial charge in [0.2, 0.25) is 0 Å². The molecule has 1 heterocycles. The van der Waals surface area contributed by atoms with Gasteiger partial charge in [-0.15, -0.1) is 21.5 Å². The van der Waals surface area contributed by atoms with Crippen LogP contribution in [0.2, 0.25) is 0 Å². The van der Waals surface area contributed by atoms with Crippen molar-refractivity contribution in [3.63, 3.8) is 0 Å². The second-order valence-electron chi connectivity index (χ2n) is 6.49. The molecule has 0 bridgehead atoms. The normalized spacial score (nSPS) is 25.3. The van der Waals surface area contributed by atoms with E-state index in [9.17, 15) is 0 Å². The van der Waals surface area contributed by atoms with E-state index in [2.05, 4.69) is 31.0 Å². The van der Waals surface area contributed by atoms with Crippen molar-refractivity contribution in [1.29, 1.82) is 0 Å². The van der Waals surface area contributed by atoms with Gasteiger partial charge in [0.25, 0.3) is 0 Å². The summed E-state index contributed by atoms with van der Waals surface area (Å²) >= 11 is 1.77. The Kier molecular flexibility index (Phi) is 4.38. The van der Waals surface area contributed by atoms with Gasteiger partial charge in [-0.25, -0.2) is 0 Å². The van der Waals surface area contributed by atoms with Gasteiger partial charge in [-0.1, -0.05) is 20.8 Å². The smallest absolute Gasteiger partial charge is 0.120 e. The maximum absolute atomic E-state index is 5.55. The van der Waals surface area contributed by atoms with Crippen LogP contribution in [0.3, 0.4) is 0 Å². The van der Waals surface area contributed by atoms with E-state index in [1.165, 1.54) is 30.7 Å². The fourth-order valence-electron chi connectivity index (χ4n) is 2.86. The van der Waals surface area contributed by atoms with Crippen LogP contribution in [0.25, 0.3) is 0 Å². The third kappa shape index (κ3) is 3.29. The Morgan fingerprint density at radius 2 is 1.83 bits per heavy atom. The molecule has 0 aliphatic heterocycles. The number of nitrogens with zero attached hydrogens (tertiary/aromatic N) is 2. The van der Waals surface area contributed by atoms with E-state index in [0.717, 1.165) is 17.3 Å². The molecule has 2 rings (SSSR count). The summed E-state index contributed by atoms with van der Waals surface area (Å²) in [5.74, 6) is 1.51. The fraction of sp³-hybridized carbons (Fsp3) is 0.857. The first-order chi connectivity index (χ1) is 8.50. The van der Waals surface area contributed by atoms with Crippen LogP contribution in [0, 0.1) is 11.3 Å². The van der Waals surface area contributed by atoms with Crippen LogP contribution in [0.4, 0.5) is 0 Å². The van der Waals surface area contributed by atoms with Gasteiger partial charge >= 0.3 is 0 Å².